The third-order valence-corrected chi connectivity index (χ3v) is 5.64. The van der Waals surface area contributed by atoms with Gasteiger partial charge in [-0.05, 0) is 40.7 Å². The molecule has 0 spiro atoms. The second-order valence-electron chi connectivity index (χ2n) is 7.16. The molecule has 154 valence electrons. The van der Waals surface area contributed by atoms with Gasteiger partial charge in [-0.2, -0.15) is 13.2 Å². The average molecular weight is 414 g/mol. The fourth-order valence-corrected chi connectivity index (χ4v) is 4.15. The van der Waals surface area contributed by atoms with Gasteiger partial charge in [0.1, 0.15) is 9.88 Å². The maximum Gasteiger partial charge on any atom is 0.417 e. The summed E-state index contributed by atoms with van der Waals surface area (Å²) in [6, 6.07) is 5.99. The van der Waals surface area contributed by atoms with Crippen molar-refractivity contribution in [2.45, 2.75) is 52.9 Å². The molecule has 0 atom stereocenters. The molecule has 2 rings (SSSR count). The number of carbonyl (C=O) groups excluding carboxylic acids is 1. The van der Waals surface area contributed by atoms with E-state index in [4.69, 9.17) is 0 Å². The van der Waals surface area contributed by atoms with E-state index in [1.54, 1.807) is 6.92 Å². The number of carbonyl (C=O) groups is 1. The molecule has 1 aromatic carbocycles. The van der Waals surface area contributed by atoms with E-state index in [9.17, 15) is 18.0 Å². The van der Waals surface area contributed by atoms with Gasteiger partial charge in [-0.3, -0.25) is 9.69 Å². The molecular formula is C20H26F3N3OS. The topological polar surface area (TPSA) is 45.2 Å². The van der Waals surface area contributed by atoms with Crippen molar-refractivity contribution in [2.75, 3.05) is 13.1 Å². The normalized spacial score (nSPS) is 12.2. The highest BCUT2D eigenvalue weighted by Gasteiger charge is 2.34. The molecular weight excluding hydrogens is 387 g/mol. The van der Waals surface area contributed by atoms with Gasteiger partial charge >= 0.3 is 6.18 Å². The Labute approximate surface area is 167 Å². The van der Waals surface area contributed by atoms with E-state index in [-0.39, 0.29) is 16.5 Å². The van der Waals surface area contributed by atoms with Crippen LogP contribution in [0.2, 0.25) is 0 Å². The number of aryl methyl sites for hydroxylation is 1. The second-order valence-corrected chi connectivity index (χ2v) is 8.16. The number of thiazole rings is 1. The summed E-state index contributed by atoms with van der Waals surface area (Å²) >= 11 is 0.986. The van der Waals surface area contributed by atoms with Crippen LogP contribution in [0, 0.1) is 6.92 Å². The largest absolute Gasteiger partial charge is 0.417 e. The maximum absolute atomic E-state index is 13.3. The number of rotatable bonds is 7. The van der Waals surface area contributed by atoms with Gasteiger partial charge in [0.25, 0.3) is 5.91 Å². The van der Waals surface area contributed by atoms with Gasteiger partial charge in [0.05, 0.1) is 11.3 Å². The Kier molecular flexibility index (Phi) is 7.22. The fourth-order valence-electron chi connectivity index (χ4n) is 3.13. The first-order valence-electron chi connectivity index (χ1n) is 9.20. The van der Waals surface area contributed by atoms with Gasteiger partial charge < -0.3 is 5.32 Å². The quantitative estimate of drug-likeness (QED) is 0.696. The van der Waals surface area contributed by atoms with Gasteiger partial charge in [0, 0.05) is 30.7 Å². The minimum Gasteiger partial charge on any atom is -0.350 e. The third kappa shape index (κ3) is 5.32. The molecule has 1 heterocycles. The first-order chi connectivity index (χ1) is 13.0. The molecule has 0 radical (unpaired) electrons. The second kappa shape index (κ2) is 9.05. The number of benzene rings is 1. The molecule has 0 saturated heterocycles. The van der Waals surface area contributed by atoms with E-state index >= 15 is 0 Å². The zero-order chi connectivity index (χ0) is 21.1. The Balaban J connectivity index is 2.16. The number of alkyl halides is 3. The fraction of sp³-hybridized carbons (Fsp3) is 0.500. The van der Waals surface area contributed by atoms with Crippen molar-refractivity contribution in [1.29, 1.82) is 0 Å². The smallest absolute Gasteiger partial charge is 0.350 e. The summed E-state index contributed by atoms with van der Waals surface area (Å²) in [4.78, 5) is 19.3. The van der Waals surface area contributed by atoms with Crippen LogP contribution in [0.1, 0.15) is 48.6 Å². The first-order valence-corrected chi connectivity index (χ1v) is 10.0. The van der Waals surface area contributed by atoms with E-state index in [0.717, 1.165) is 17.4 Å². The highest BCUT2D eigenvalue weighted by Crippen LogP contribution is 2.38. The molecule has 2 aromatic rings. The summed E-state index contributed by atoms with van der Waals surface area (Å²) in [5.41, 5.74) is -0.327. The van der Waals surface area contributed by atoms with Gasteiger partial charge in [0.15, 0.2) is 0 Å². The maximum atomic E-state index is 13.3. The number of hydrogen-bond donors (Lipinski definition) is 1. The van der Waals surface area contributed by atoms with Gasteiger partial charge in [-0.1, -0.05) is 18.2 Å². The Bertz CT molecular complexity index is 807. The van der Waals surface area contributed by atoms with E-state index in [1.165, 1.54) is 18.2 Å². The van der Waals surface area contributed by atoms with Crippen molar-refractivity contribution < 1.29 is 18.0 Å². The van der Waals surface area contributed by atoms with E-state index in [2.05, 4.69) is 42.9 Å². The van der Waals surface area contributed by atoms with E-state index < -0.39 is 11.7 Å². The Hall–Kier alpha value is -1.93. The monoisotopic (exact) mass is 413 g/mol. The Morgan fingerprint density at radius 3 is 2.36 bits per heavy atom. The molecule has 28 heavy (non-hydrogen) atoms. The SMILES string of the molecule is Cc1nc(-c2ccccc2C(F)(F)F)sc1C(=O)NCCN(C(C)C)C(C)C. The van der Waals surface area contributed by atoms with Crippen molar-refractivity contribution in [3.05, 3.63) is 40.4 Å². The molecule has 1 aromatic heterocycles. The van der Waals surface area contributed by atoms with Crippen molar-refractivity contribution in [3.8, 4) is 10.6 Å². The molecule has 0 unspecified atom stereocenters. The Morgan fingerprint density at radius 2 is 1.79 bits per heavy atom. The first kappa shape index (κ1) is 22.4. The predicted molar refractivity (Wildman–Crippen MR) is 107 cm³/mol. The van der Waals surface area contributed by atoms with E-state index in [0.29, 0.717) is 35.7 Å². The summed E-state index contributed by atoms with van der Waals surface area (Å²) in [5.74, 6) is -0.307. The predicted octanol–water partition coefficient (Wildman–Crippen LogP) is 4.99. The van der Waals surface area contributed by atoms with Gasteiger partial charge in [-0.15, -0.1) is 11.3 Å². The molecule has 0 aliphatic heterocycles. The molecule has 0 saturated carbocycles. The van der Waals surface area contributed by atoms with Crippen LogP contribution in [0.3, 0.4) is 0 Å². The van der Waals surface area contributed by atoms with Crippen LogP contribution in [0.25, 0.3) is 10.6 Å². The molecule has 4 nitrogen and oxygen atoms in total. The molecule has 0 bridgehead atoms. The van der Waals surface area contributed by atoms with Crippen LogP contribution >= 0.6 is 11.3 Å². The van der Waals surface area contributed by atoms with Crippen LogP contribution < -0.4 is 5.32 Å². The minimum atomic E-state index is -4.48. The number of nitrogens with one attached hydrogen (secondary N) is 1. The number of amides is 1. The van der Waals surface area contributed by atoms with E-state index in [1.807, 2.05) is 0 Å². The third-order valence-electron chi connectivity index (χ3n) is 4.45. The lowest BCUT2D eigenvalue weighted by atomic mass is 10.1. The summed E-state index contributed by atoms with van der Waals surface area (Å²) in [5, 5.41) is 3.05. The standard InChI is InChI=1S/C20H26F3N3OS/c1-12(2)26(13(3)4)11-10-24-18(27)17-14(5)25-19(28-17)15-8-6-7-9-16(15)20(21,22)23/h6-9,12-13H,10-11H2,1-5H3,(H,24,27). The molecule has 0 fully saturated rings. The summed E-state index contributed by atoms with van der Waals surface area (Å²) < 4.78 is 39.8. The summed E-state index contributed by atoms with van der Waals surface area (Å²) in [6.07, 6.45) is -4.48. The van der Waals surface area contributed by atoms with Crippen molar-refractivity contribution in [2.24, 2.45) is 0 Å². The van der Waals surface area contributed by atoms with Gasteiger partial charge in [0.2, 0.25) is 0 Å². The number of aromatic nitrogens is 1. The van der Waals surface area contributed by atoms with Crippen LogP contribution in [0.5, 0.6) is 0 Å². The van der Waals surface area contributed by atoms with Crippen LogP contribution in [0.15, 0.2) is 24.3 Å². The van der Waals surface area contributed by atoms with Crippen LogP contribution in [0.4, 0.5) is 13.2 Å². The van der Waals surface area contributed by atoms with Crippen molar-refractivity contribution in [3.63, 3.8) is 0 Å². The number of nitrogens with zero attached hydrogens (tertiary/aromatic N) is 2. The summed E-state index contributed by atoms with van der Waals surface area (Å²) in [6.45, 7) is 11.2. The highest BCUT2D eigenvalue weighted by atomic mass is 32.1. The molecule has 0 aliphatic carbocycles. The molecule has 0 aliphatic rings. The highest BCUT2D eigenvalue weighted by molar-refractivity contribution is 7.17. The number of halogens is 3. The lowest BCUT2D eigenvalue weighted by Gasteiger charge is -2.30. The van der Waals surface area contributed by atoms with Crippen molar-refractivity contribution in [1.82, 2.24) is 15.2 Å². The average Bonchev–Trinajstić information content (AvgIpc) is 2.99. The summed E-state index contributed by atoms with van der Waals surface area (Å²) in [7, 11) is 0. The van der Waals surface area contributed by atoms with Crippen molar-refractivity contribution >= 4 is 17.2 Å². The van der Waals surface area contributed by atoms with Crippen LogP contribution in [-0.2, 0) is 6.18 Å². The zero-order valence-corrected chi connectivity index (χ0v) is 17.5. The molecule has 1 N–H and O–H groups in total. The lowest BCUT2D eigenvalue weighted by Crippen LogP contribution is -2.42. The van der Waals surface area contributed by atoms with Gasteiger partial charge in [-0.25, -0.2) is 4.98 Å². The zero-order valence-electron chi connectivity index (χ0n) is 16.7. The minimum absolute atomic E-state index is 0.00654. The lowest BCUT2D eigenvalue weighted by molar-refractivity contribution is -0.137. The van der Waals surface area contributed by atoms with Crippen LogP contribution in [-0.4, -0.2) is 41.0 Å². The number of hydrogen-bond acceptors (Lipinski definition) is 4. The molecule has 8 heteroatoms. The molecule has 1 amide bonds. The Morgan fingerprint density at radius 1 is 1.18 bits per heavy atom.